The molecule has 8 nitrogen and oxygen atoms in total. The van der Waals surface area contributed by atoms with Gasteiger partial charge in [-0.2, -0.15) is 5.10 Å². The second-order valence-corrected chi connectivity index (χ2v) is 6.88. The van der Waals surface area contributed by atoms with Crippen LogP contribution < -0.4 is 0 Å². The summed E-state index contributed by atoms with van der Waals surface area (Å²) in [5.41, 5.74) is 2.96. The maximum absolute atomic E-state index is 5.28. The summed E-state index contributed by atoms with van der Waals surface area (Å²) in [5, 5.41) is 12.9. The van der Waals surface area contributed by atoms with Crippen LogP contribution in [0.1, 0.15) is 32.6 Å². The normalized spacial score (nSPS) is 16.0. The third-order valence-electron chi connectivity index (χ3n) is 4.02. The predicted octanol–water partition coefficient (Wildman–Crippen LogP) is 1.49. The Morgan fingerprint density at radius 2 is 2.00 bits per heavy atom. The van der Waals surface area contributed by atoms with Gasteiger partial charge in [-0.15, -0.1) is 5.10 Å². The van der Waals surface area contributed by atoms with Gasteiger partial charge in [0.1, 0.15) is 17.6 Å². The van der Waals surface area contributed by atoms with Gasteiger partial charge in [0.15, 0.2) is 11.2 Å². The molecular formula is C15H19N7O. The number of hydrogen-bond acceptors (Lipinski definition) is 6. The van der Waals surface area contributed by atoms with Crippen LogP contribution in [0.3, 0.4) is 0 Å². The summed E-state index contributed by atoms with van der Waals surface area (Å²) >= 11 is 0. The van der Waals surface area contributed by atoms with Crippen LogP contribution in [-0.2, 0) is 17.2 Å². The molecule has 120 valence electrons. The molecule has 4 rings (SSSR count). The fourth-order valence-electron chi connectivity index (χ4n) is 2.56. The van der Waals surface area contributed by atoms with Gasteiger partial charge in [-0.05, 0) is 6.07 Å². The molecule has 23 heavy (non-hydrogen) atoms. The maximum atomic E-state index is 5.28. The number of rotatable bonds is 2. The van der Waals surface area contributed by atoms with Crippen molar-refractivity contribution >= 4 is 11.2 Å². The predicted molar refractivity (Wildman–Crippen MR) is 83.9 cm³/mol. The summed E-state index contributed by atoms with van der Waals surface area (Å²) in [4.78, 5) is 9.52. The Kier molecular flexibility index (Phi) is 2.99. The highest BCUT2D eigenvalue weighted by molar-refractivity contribution is 5.85. The minimum Gasteiger partial charge on any atom is -0.377 e. The molecule has 1 saturated heterocycles. The van der Waals surface area contributed by atoms with Crippen LogP contribution in [0.5, 0.6) is 0 Å². The largest absolute Gasteiger partial charge is 0.377 e. The molecular weight excluding hydrogens is 294 g/mol. The van der Waals surface area contributed by atoms with E-state index in [2.05, 4.69) is 36.2 Å². The van der Waals surface area contributed by atoms with E-state index in [0.29, 0.717) is 18.7 Å². The summed E-state index contributed by atoms with van der Waals surface area (Å²) in [6.45, 7) is 7.59. The molecule has 3 aromatic heterocycles. The highest BCUT2D eigenvalue weighted by Crippen LogP contribution is 2.30. The molecule has 0 radical (unpaired) electrons. The van der Waals surface area contributed by atoms with Crippen LogP contribution in [0.2, 0.25) is 0 Å². The maximum Gasteiger partial charge on any atom is 0.183 e. The SMILES string of the molecule is Cn1nccc1-c1nc(C(C)(C)C)nc2c1nnn2C1COC1. The molecule has 3 aromatic rings. The molecule has 8 heteroatoms. The van der Waals surface area contributed by atoms with Gasteiger partial charge >= 0.3 is 0 Å². The van der Waals surface area contributed by atoms with Crippen LogP contribution in [-0.4, -0.2) is 48.0 Å². The van der Waals surface area contributed by atoms with E-state index in [1.165, 1.54) is 0 Å². The smallest absolute Gasteiger partial charge is 0.183 e. The molecule has 1 aliphatic rings. The first-order chi connectivity index (χ1) is 10.9. The molecule has 0 atom stereocenters. The first kappa shape index (κ1) is 14.3. The first-order valence-electron chi connectivity index (χ1n) is 7.64. The lowest BCUT2D eigenvalue weighted by Gasteiger charge is -2.26. The molecule has 0 saturated carbocycles. The number of ether oxygens (including phenoxy) is 1. The third kappa shape index (κ3) is 2.21. The Labute approximate surface area is 133 Å². The Morgan fingerprint density at radius 1 is 1.22 bits per heavy atom. The molecule has 0 amide bonds. The van der Waals surface area contributed by atoms with Crippen molar-refractivity contribution in [1.29, 1.82) is 0 Å². The van der Waals surface area contributed by atoms with Gasteiger partial charge in [0.05, 0.1) is 18.9 Å². The zero-order valence-electron chi connectivity index (χ0n) is 13.7. The zero-order chi connectivity index (χ0) is 16.2. The minimum atomic E-state index is -0.174. The van der Waals surface area contributed by atoms with Gasteiger partial charge in [-0.3, -0.25) is 4.68 Å². The van der Waals surface area contributed by atoms with Crippen molar-refractivity contribution in [2.24, 2.45) is 7.05 Å². The van der Waals surface area contributed by atoms with Gasteiger partial charge in [-0.1, -0.05) is 26.0 Å². The fourth-order valence-corrected chi connectivity index (χ4v) is 2.56. The summed E-state index contributed by atoms with van der Waals surface area (Å²) < 4.78 is 8.93. The lowest BCUT2D eigenvalue weighted by Crippen LogP contribution is -2.31. The summed E-state index contributed by atoms with van der Waals surface area (Å²) in [5.74, 6) is 0.769. The Morgan fingerprint density at radius 3 is 2.57 bits per heavy atom. The van der Waals surface area contributed by atoms with E-state index in [1.807, 2.05) is 17.8 Å². The van der Waals surface area contributed by atoms with Crippen molar-refractivity contribution in [2.45, 2.75) is 32.2 Å². The van der Waals surface area contributed by atoms with Gasteiger partial charge < -0.3 is 4.74 Å². The van der Waals surface area contributed by atoms with Gasteiger partial charge in [0.2, 0.25) is 0 Å². The van der Waals surface area contributed by atoms with E-state index in [-0.39, 0.29) is 11.5 Å². The molecule has 0 spiro atoms. The number of hydrogen-bond donors (Lipinski definition) is 0. The molecule has 0 N–H and O–H groups in total. The lowest BCUT2D eigenvalue weighted by atomic mass is 9.95. The average Bonchev–Trinajstić information content (AvgIpc) is 3.02. The molecule has 0 aliphatic carbocycles. The standard InChI is InChI=1S/C15H19N7O/c1-15(2,3)14-17-11(10-5-6-16-21(10)4)12-13(18-14)22(20-19-12)9-7-23-8-9/h5-6,9H,7-8H2,1-4H3. The van der Waals surface area contributed by atoms with Crippen LogP contribution in [0, 0.1) is 0 Å². The molecule has 0 unspecified atom stereocenters. The Hall–Kier alpha value is -2.35. The summed E-state index contributed by atoms with van der Waals surface area (Å²) in [6.07, 6.45) is 1.75. The third-order valence-corrected chi connectivity index (χ3v) is 4.02. The van der Waals surface area contributed by atoms with Crippen LogP contribution in [0.25, 0.3) is 22.6 Å². The molecule has 0 bridgehead atoms. The van der Waals surface area contributed by atoms with Crippen molar-refractivity contribution in [2.75, 3.05) is 13.2 Å². The van der Waals surface area contributed by atoms with Crippen molar-refractivity contribution < 1.29 is 4.74 Å². The van der Waals surface area contributed by atoms with Crippen LogP contribution in [0.15, 0.2) is 12.3 Å². The minimum absolute atomic E-state index is 0.174. The van der Waals surface area contributed by atoms with Crippen molar-refractivity contribution in [3.8, 4) is 11.4 Å². The molecule has 0 aromatic carbocycles. The van der Waals surface area contributed by atoms with E-state index in [9.17, 15) is 0 Å². The summed E-state index contributed by atoms with van der Waals surface area (Å²) in [7, 11) is 1.89. The van der Waals surface area contributed by atoms with Crippen LogP contribution >= 0.6 is 0 Å². The molecule has 4 heterocycles. The van der Waals surface area contributed by atoms with Crippen molar-refractivity contribution in [3.05, 3.63) is 18.1 Å². The molecule has 1 fully saturated rings. The van der Waals surface area contributed by atoms with Gasteiger partial charge in [-0.25, -0.2) is 14.6 Å². The van der Waals surface area contributed by atoms with E-state index < -0.39 is 0 Å². The number of fused-ring (bicyclic) bond motifs is 1. The Balaban J connectivity index is 2.00. The quantitative estimate of drug-likeness (QED) is 0.713. The van der Waals surface area contributed by atoms with E-state index >= 15 is 0 Å². The zero-order valence-corrected chi connectivity index (χ0v) is 13.7. The highest BCUT2D eigenvalue weighted by Gasteiger charge is 2.28. The van der Waals surface area contributed by atoms with E-state index in [1.54, 1.807) is 10.9 Å². The highest BCUT2D eigenvalue weighted by atomic mass is 16.5. The average molecular weight is 313 g/mol. The van der Waals surface area contributed by atoms with Crippen LogP contribution in [0.4, 0.5) is 0 Å². The van der Waals surface area contributed by atoms with Crippen molar-refractivity contribution in [3.63, 3.8) is 0 Å². The second-order valence-electron chi connectivity index (χ2n) is 6.88. The van der Waals surface area contributed by atoms with E-state index in [0.717, 1.165) is 22.9 Å². The van der Waals surface area contributed by atoms with Gasteiger partial charge in [0.25, 0.3) is 0 Å². The Bertz CT molecular complexity index is 870. The van der Waals surface area contributed by atoms with E-state index in [4.69, 9.17) is 14.7 Å². The number of aryl methyl sites for hydroxylation is 1. The second kappa shape index (κ2) is 4.82. The molecule has 1 aliphatic heterocycles. The van der Waals surface area contributed by atoms with Crippen molar-refractivity contribution in [1.82, 2.24) is 34.7 Å². The first-order valence-corrected chi connectivity index (χ1v) is 7.64. The van der Waals surface area contributed by atoms with Gasteiger partial charge in [0, 0.05) is 18.7 Å². The lowest BCUT2D eigenvalue weighted by molar-refractivity contribution is -0.0277. The number of nitrogens with zero attached hydrogens (tertiary/aromatic N) is 7. The topological polar surface area (TPSA) is 83.5 Å². The fraction of sp³-hybridized carbons (Fsp3) is 0.533. The monoisotopic (exact) mass is 313 g/mol. The summed E-state index contributed by atoms with van der Waals surface area (Å²) in [6, 6.07) is 2.13. The number of aromatic nitrogens is 7.